The Bertz CT molecular complexity index is 915. The van der Waals surface area contributed by atoms with Gasteiger partial charge in [-0.1, -0.05) is 23.4 Å². The Balaban J connectivity index is 2.12. The second-order valence-electron chi connectivity index (χ2n) is 6.84. The van der Waals surface area contributed by atoms with Gasteiger partial charge in [0.05, 0.1) is 17.6 Å². The van der Waals surface area contributed by atoms with Gasteiger partial charge < -0.3 is 20.6 Å². The molecule has 0 spiro atoms. The van der Waals surface area contributed by atoms with Crippen LogP contribution in [0, 0.1) is 0 Å². The number of phenolic OH excluding ortho intramolecular Hbond substituents is 1. The molecule has 0 bridgehead atoms. The molecule has 2 rings (SSSR count). The fourth-order valence-corrected chi connectivity index (χ4v) is 2.87. The number of nitrogens with zero attached hydrogens (tertiary/aromatic N) is 2. The molecule has 0 aromatic heterocycles. The van der Waals surface area contributed by atoms with Crippen LogP contribution in [0.25, 0.3) is 0 Å². The van der Waals surface area contributed by atoms with Crippen molar-refractivity contribution in [1.82, 2.24) is 10.6 Å². The summed E-state index contributed by atoms with van der Waals surface area (Å²) in [5, 5.41) is 21.0. The van der Waals surface area contributed by atoms with Gasteiger partial charge in [0, 0.05) is 27.4 Å². The summed E-state index contributed by atoms with van der Waals surface area (Å²) < 4.78 is 0. The average Bonchev–Trinajstić information content (AvgIpc) is 2.75. The quantitative estimate of drug-likeness (QED) is 0.262. The van der Waals surface area contributed by atoms with Crippen LogP contribution in [-0.4, -0.2) is 49.9 Å². The van der Waals surface area contributed by atoms with Crippen LogP contribution in [0.3, 0.4) is 0 Å². The van der Waals surface area contributed by atoms with Gasteiger partial charge >= 0.3 is 0 Å². The molecule has 4 N–H and O–H groups in total. The number of hydrogen-bond acceptors (Lipinski definition) is 7. The van der Waals surface area contributed by atoms with Crippen molar-refractivity contribution in [3.05, 3.63) is 53.6 Å². The first-order chi connectivity index (χ1) is 14.8. The number of carbonyl (C=O) groups excluding carboxylic acids is 2. The molecule has 9 nitrogen and oxygen atoms in total. The summed E-state index contributed by atoms with van der Waals surface area (Å²) in [5.41, 5.74) is 6.14. The Hall–Kier alpha value is -3.75. The SMILES string of the molecule is CCO/N=C\c1ccc(N(C)Nc2cc(C[C@H](NC(C)=O)C(=O)NC)ccc2O)cc1. The van der Waals surface area contributed by atoms with Gasteiger partial charge in [0.2, 0.25) is 11.8 Å². The summed E-state index contributed by atoms with van der Waals surface area (Å²) >= 11 is 0. The third-order valence-electron chi connectivity index (χ3n) is 4.42. The molecular formula is C22H29N5O4. The zero-order chi connectivity index (χ0) is 22.8. The number of aromatic hydroxyl groups is 1. The summed E-state index contributed by atoms with van der Waals surface area (Å²) in [7, 11) is 3.34. The maximum atomic E-state index is 12.1. The largest absolute Gasteiger partial charge is 0.506 e. The lowest BCUT2D eigenvalue weighted by Gasteiger charge is -2.23. The number of benzene rings is 2. The second kappa shape index (κ2) is 11.4. The van der Waals surface area contributed by atoms with E-state index in [4.69, 9.17) is 4.84 Å². The van der Waals surface area contributed by atoms with Crippen LogP contribution >= 0.6 is 0 Å². The topological polar surface area (TPSA) is 115 Å². The molecule has 0 saturated heterocycles. The Morgan fingerprint density at radius 2 is 1.94 bits per heavy atom. The number of likely N-dealkylation sites (N-methyl/N-ethyl adjacent to an activating group) is 1. The highest BCUT2D eigenvalue weighted by atomic mass is 16.6. The Kier molecular flexibility index (Phi) is 8.68. The minimum Gasteiger partial charge on any atom is -0.506 e. The molecule has 2 aromatic rings. The number of nitrogens with one attached hydrogen (secondary N) is 3. The van der Waals surface area contributed by atoms with Crippen LogP contribution in [0.5, 0.6) is 5.75 Å². The zero-order valence-corrected chi connectivity index (χ0v) is 18.2. The highest BCUT2D eigenvalue weighted by Gasteiger charge is 2.19. The molecule has 0 fully saturated rings. The Morgan fingerprint density at radius 3 is 2.55 bits per heavy atom. The number of anilines is 2. The number of hydrogen-bond donors (Lipinski definition) is 4. The molecule has 0 aliphatic heterocycles. The van der Waals surface area contributed by atoms with Crippen molar-refractivity contribution >= 4 is 29.4 Å². The van der Waals surface area contributed by atoms with Crippen LogP contribution in [0.15, 0.2) is 47.6 Å². The predicted octanol–water partition coefficient (Wildman–Crippen LogP) is 2.02. The lowest BCUT2D eigenvalue weighted by molar-refractivity contribution is -0.127. The maximum Gasteiger partial charge on any atom is 0.242 e. The number of hydrazine groups is 1. The third-order valence-corrected chi connectivity index (χ3v) is 4.42. The van der Waals surface area contributed by atoms with Gasteiger partial charge in [0.1, 0.15) is 18.4 Å². The molecule has 2 aromatic carbocycles. The highest BCUT2D eigenvalue weighted by Crippen LogP contribution is 2.26. The van der Waals surface area contributed by atoms with Crippen molar-refractivity contribution in [3.63, 3.8) is 0 Å². The molecule has 9 heteroatoms. The summed E-state index contributed by atoms with van der Waals surface area (Å²) in [4.78, 5) is 28.4. The zero-order valence-electron chi connectivity index (χ0n) is 18.2. The Morgan fingerprint density at radius 1 is 1.23 bits per heavy atom. The number of phenols is 1. The smallest absolute Gasteiger partial charge is 0.242 e. The van der Waals surface area contributed by atoms with E-state index in [0.29, 0.717) is 12.3 Å². The van der Waals surface area contributed by atoms with Crippen LogP contribution in [-0.2, 0) is 20.8 Å². The second-order valence-corrected chi connectivity index (χ2v) is 6.84. The van der Waals surface area contributed by atoms with Gasteiger partial charge in [-0.2, -0.15) is 0 Å². The first-order valence-electron chi connectivity index (χ1n) is 9.90. The first-order valence-corrected chi connectivity index (χ1v) is 9.90. The van der Waals surface area contributed by atoms with Gasteiger partial charge in [-0.25, -0.2) is 0 Å². The van der Waals surface area contributed by atoms with Gasteiger partial charge in [-0.3, -0.25) is 20.0 Å². The van der Waals surface area contributed by atoms with Crippen LogP contribution in [0.4, 0.5) is 11.4 Å². The van der Waals surface area contributed by atoms with Crippen molar-refractivity contribution in [2.45, 2.75) is 26.3 Å². The number of carbonyl (C=O) groups is 2. The van der Waals surface area contributed by atoms with Gasteiger partial charge in [-0.05, 0) is 42.3 Å². The van der Waals surface area contributed by atoms with Crippen LogP contribution < -0.4 is 21.1 Å². The third kappa shape index (κ3) is 7.22. The molecule has 0 saturated carbocycles. The average molecular weight is 428 g/mol. The van der Waals surface area contributed by atoms with Crippen molar-refractivity contribution in [2.24, 2.45) is 5.16 Å². The lowest BCUT2D eigenvalue weighted by Crippen LogP contribution is -2.46. The van der Waals surface area contributed by atoms with Crippen LogP contribution in [0.2, 0.25) is 0 Å². The predicted molar refractivity (Wildman–Crippen MR) is 121 cm³/mol. The fraction of sp³-hybridized carbons (Fsp3) is 0.318. The van der Waals surface area contributed by atoms with Crippen molar-refractivity contribution in [2.75, 3.05) is 31.1 Å². The van der Waals surface area contributed by atoms with E-state index in [1.807, 2.05) is 38.2 Å². The number of rotatable bonds is 10. The normalized spacial score (nSPS) is 11.6. The maximum absolute atomic E-state index is 12.1. The van der Waals surface area contributed by atoms with E-state index in [1.165, 1.54) is 14.0 Å². The minimum atomic E-state index is -0.705. The lowest BCUT2D eigenvalue weighted by atomic mass is 10.0. The molecule has 166 valence electrons. The molecule has 31 heavy (non-hydrogen) atoms. The standard InChI is InChI=1S/C22H29N5O4/c1-5-31-24-14-16-6-9-18(10-7-16)27(4)26-19-12-17(8-11-21(19)29)13-20(22(30)23-3)25-15(2)28/h6-12,14,20,26,29H,5,13H2,1-4H3,(H,23,30)(H,25,28)/b24-14-/t20-/m0/s1. The summed E-state index contributed by atoms with van der Waals surface area (Å²) in [6.45, 7) is 3.74. The molecule has 0 aliphatic rings. The molecule has 0 aliphatic carbocycles. The van der Waals surface area contributed by atoms with Crippen molar-refractivity contribution in [3.8, 4) is 5.75 Å². The van der Waals surface area contributed by atoms with Gasteiger partial charge in [-0.15, -0.1) is 0 Å². The van der Waals surface area contributed by atoms with Crippen molar-refractivity contribution in [1.29, 1.82) is 0 Å². The van der Waals surface area contributed by atoms with E-state index >= 15 is 0 Å². The molecule has 2 amide bonds. The van der Waals surface area contributed by atoms with E-state index in [9.17, 15) is 14.7 Å². The molecule has 0 radical (unpaired) electrons. The molecule has 0 heterocycles. The summed E-state index contributed by atoms with van der Waals surface area (Å²) in [6.07, 6.45) is 1.92. The monoisotopic (exact) mass is 427 g/mol. The van der Waals surface area contributed by atoms with Gasteiger partial charge in [0.25, 0.3) is 0 Å². The summed E-state index contributed by atoms with van der Waals surface area (Å²) in [5.74, 6) is -0.518. The van der Waals surface area contributed by atoms with E-state index in [1.54, 1.807) is 29.4 Å². The fourth-order valence-electron chi connectivity index (χ4n) is 2.87. The molecule has 1 atom stereocenters. The number of amides is 2. The molecular weight excluding hydrogens is 398 g/mol. The summed E-state index contributed by atoms with van der Waals surface area (Å²) in [6, 6.07) is 11.9. The van der Waals surface area contributed by atoms with Gasteiger partial charge in [0.15, 0.2) is 0 Å². The highest BCUT2D eigenvalue weighted by molar-refractivity contribution is 5.87. The van der Waals surface area contributed by atoms with Crippen LogP contribution in [0.1, 0.15) is 25.0 Å². The Labute approximate surface area is 182 Å². The van der Waals surface area contributed by atoms with E-state index in [2.05, 4.69) is 21.2 Å². The minimum absolute atomic E-state index is 0.0621. The van der Waals surface area contributed by atoms with E-state index < -0.39 is 6.04 Å². The van der Waals surface area contributed by atoms with Crippen molar-refractivity contribution < 1.29 is 19.5 Å². The molecule has 0 unspecified atom stereocenters. The number of oxime groups is 1. The van der Waals surface area contributed by atoms with E-state index in [0.717, 1.165) is 16.8 Å². The first kappa shape index (κ1) is 23.5. The van der Waals surface area contributed by atoms with E-state index in [-0.39, 0.29) is 24.0 Å².